The Morgan fingerprint density at radius 3 is 2.33 bits per heavy atom. The summed E-state index contributed by atoms with van der Waals surface area (Å²) in [7, 11) is 0. The van der Waals surface area contributed by atoms with Crippen LogP contribution in [0.15, 0.2) is 47.4 Å². The van der Waals surface area contributed by atoms with Crippen molar-refractivity contribution in [3.8, 4) is 0 Å². The van der Waals surface area contributed by atoms with E-state index in [0.29, 0.717) is 17.8 Å². The SMILES string of the molecule is CCCn1cc(NC(=O)C(NC(=O)c2ccc(C)cc2)C(C)C)ccc1=O. The van der Waals surface area contributed by atoms with E-state index in [-0.39, 0.29) is 23.3 Å². The third-order valence-corrected chi connectivity index (χ3v) is 4.27. The number of aryl methyl sites for hydroxylation is 2. The summed E-state index contributed by atoms with van der Waals surface area (Å²) in [6.07, 6.45) is 2.45. The average Bonchev–Trinajstić information content (AvgIpc) is 2.62. The maximum atomic E-state index is 12.7. The van der Waals surface area contributed by atoms with Crippen molar-refractivity contribution in [2.75, 3.05) is 5.32 Å². The number of amides is 2. The van der Waals surface area contributed by atoms with Gasteiger partial charge >= 0.3 is 0 Å². The zero-order valence-corrected chi connectivity index (χ0v) is 16.3. The molecule has 1 atom stereocenters. The van der Waals surface area contributed by atoms with E-state index in [0.717, 1.165) is 12.0 Å². The van der Waals surface area contributed by atoms with Gasteiger partial charge in [0.2, 0.25) is 5.91 Å². The van der Waals surface area contributed by atoms with E-state index < -0.39 is 6.04 Å². The molecule has 0 aliphatic heterocycles. The molecular weight excluding hydrogens is 342 g/mol. The molecule has 1 aromatic carbocycles. The molecule has 0 bridgehead atoms. The van der Waals surface area contributed by atoms with Gasteiger partial charge in [0.05, 0.1) is 5.69 Å². The Labute approximate surface area is 159 Å². The Morgan fingerprint density at radius 2 is 1.74 bits per heavy atom. The predicted molar refractivity (Wildman–Crippen MR) is 107 cm³/mol. The van der Waals surface area contributed by atoms with Crippen LogP contribution in [0.1, 0.15) is 43.1 Å². The molecule has 2 aromatic rings. The molecule has 2 amide bonds. The molecule has 144 valence electrons. The Bertz CT molecular complexity index is 854. The molecular formula is C21H27N3O3. The first kappa shape index (κ1) is 20.4. The largest absolute Gasteiger partial charge is 0.340 e. The van der Waals surface area contributed by atoms with E-state index in [1.807, 2.05) is 39.8 Å². The minimum atomic E-state index is -0.689. The number of nitrogens with one attached hydrogen (secondary N) is 2. The summed E-state index contributed by atoms with van der Waals surface area (Å²) in [5.74, 6) is -0.701. The second-order valence-electron chi connectivity index (χ2n) is 7.00. The lowest BCUT2D eigenvalue weighted by Crippen LogP contribution is -2.47. The molecule has 1 unspecified atom stereocenters. The first-order chi connectivity index (χ1) is 12.8. The lowest BCUT2D eigenvalue weighted by molar-refractivity contribution is -0.118. The van der Waals surface area contributed by atoms with Gasteiger partial charge in [0.25, 0.3) is 11.5 Å². The van der Waals surface area contributed by atoms with Crippen molar-refractivity contribution in [1.82, 2.24) is 9.88 Å². The number of nitrogens with zero attached hydrogens (tertiary/aromatic N) is 1. The van der Waals surface area contributed by atoms with E-state index in [9.17, 15) is 14.4 Å². The van der Waals surface area contributed by atoms with E-state index in [1.54, 1.807) is 29.0 Å². The van der Waals surface area contributed by atoms with Crippen LogP contribution in [0.3, 0.4) is 0 Å². The standard InChI is InChI=1S/C21H27N3O3/c1-5-12-24-13-17(10-11-18(24)25)22-21(27)19(14(2)3)23-20(26)16-8-6-15(4)7-9-16/h6-11,13-14,19H,5,12H2,1-4H3,(H,22,27)(H,23,26). The van der Waals surface area contributed by atoms with Gasteiger partial charge in [-0.3, -0.25) is 14.4 Å². The van der Waals surface area contributed by atoms with Crippen LogP contribution in [0.25, 0.3) is 0 Å². The molecule has 6 heteroatoms. The van der Waals surface area contributed by atoms with E-state index in [1.165, 1.54) is 6.07 Å². The molecule has 0 saturated carbocycles. The zero-order valence-electron chi connectivity index (χ0n) is 16.3. The van der Waals surface area contributed by atoms with Gasteiger partial charge < -0.3 is 15.2 Å². The monoisotopic (exact) mass is 369 g/mol. The van der Waals surface area contributed by atoms with Crippen molar-refractivity contribution in [2.24, 2.45) is 5.92 Å². The Hall–Kier alpha value is -2.89. The van der Waals surface area contributed by atoms with Gasteiger partial charge in [0.15, 0.2) is 0 Å². The van der Waals surface area contributed by atoms with Gasteiger partial charge in [-0.2, -0.15) is 0 Å². The molecule has 0 saturated heterocycles. The molecule has 0 aliphatic carbocycles. The Kier molecular flexibility index (Phi) is 6.93. The van der Waals surface area contributed by atoms with Crippen LogP contribution >= 0.6 is 0 Å². The van der Waals surface area contributed by atoms with E-state index in [2.05, 4.69) is 10.6 Å². The number of pyridine rings is 1. The summed E-state index contributed by atoms with van der Waals surface area (Å²) < 4.78 is 1.56. The summed E-state index contributed by atoms with van der Waals surface area (Å²) in [6.45, 7) is 8.26. The molecule has 0 aliphatic rings. The van der Waals surface area contributed by atoms with Gasteiger partial charge in [0.1, 0.15) is 6.04 Å². The molecule has 0 fully saturated rings. The quantitative estimate of drug-likeness (QED) is 0.787. The second kappa shape index (κ2) is 9.16. The molecule has 0 spiro atoms. The minimum Gasteiger partial charge on any atom is -0.340 e. The predicted octanol–water partition coefficient (Wildman–Crippen LogP) is 2.96. The lowest BCUT2D eigenvalue weighted by Gasteiger charge is -2.22. The van der Waals surface area contributed by atoms with Crippen LogP contribution in [0, 0.1) is 12.8 Å². The summed E-state index contributed by atoms with van der Waals surface area (Å²) >= 11 is 0. The normalized spacial score (nSPS) is 11.9. The minimum absolute atomic E-state index is 0.0963. The number of anilines is 1. The van der Waals surface area contributed by atoms with Crippen LogP contribution in [0.5, 0.6) is 0 Å². The van der Waals surface area contributed by atoms with Gasteiger partial charge in [-0.15, -0.1) is 0 Å². The van der Waals surface area contributed by atoms with Gasteiger partial charge in [-0.25, -0.2) is 0 Å². The van der Waals surface area contributed by atoms with Crippen LogP contribution in [0.4, 0.5) is 5.69 Å². The third-order valence-electron chi connectivity index (χ3n) is 4.27. The maximum absolute atomic E-state index is 12.7. The van der Waals surface area contributed by atoms with Crippen molar-refractivity contribution in [3.63, 3.8) is 0 Å². The first-order valence-electron chi connectivity index (χ1n) is 9.20. The van der Waals surface area contributed by atoms with Gasteiger partial charge in [-0.1, -0.05) is 38.5 Å². The van der Waals surface area contributed by atoms with Gasteiger partial charge in [-0.05, 0) is 37.5 Å². The highest BCUT2D eigenvalue weighted by Gasteiger charge is 2.25. The summed E-state index contributed by atoms with van der Waals surface area (Å²) in [5.41, 5.74) is 1.99. The molecule has 1 heterocycles. The number of hydrogen-bond donors (Lipinski definition) is 2. The number of benzene rings is 1. The van der Waals surface area contributed by atoms with Crippen LogP contribution in [-0.4, -0.2) is 22.4 Å². The van der Waals surface area contributed by atoms with Crippen molar-refractivity contribution >= 4 is 17.5 Å². The van der Waals surface area contributed by atoms with E-state index in [4.69, 9.17) is 0 Å². The number of carbonyl (C=O) groups is 2. The highest BCUT2D eigenvalue weighted by molar-refractivity contribution is 6.01. The highest BCUT2D eigenvalue weighted by atomic mass is 16.2. The lowest BCUT2D eigenvalue weighted by atomic mass is 10.0. The Morgan fingerprint density at radius 1 is 1.07 bits per heavy atom. The molecule has 2 rings (SSSR count). The second-order valence-corrected chi connectivity index (χ2v) is 7.00. The Balaban J connectivity index is 2.13. The van der Waals surface area contributed by atoms with Crippen molar-refractivity contribution in [1.29, 1.82) is 0 Å². The number of carbonyl (C=O) groups excluding carboxylic acids is 2. The number of aromatic nitrogens is 1. The topological polar surface area (TPSA) is 80.2 Å². The summed E-state index contributed by atoms with van der Waals surface area (Å²) in [5, 5.41) is 5.61. The number of rotatable bonds is 7. The van der Waals surface area contributed by atoms with E-state index >= 15 is 0 Å². The fourth-order valence-corrected chi connectivity index (χ4v) is 2.71. The average molecular weight is 369 g/mol. The first-order valence-corrected chi connectivity index (χ1v) is 9.20. The third kappa shape index (κ3) is 5.54. The summed E-state index contributed by atoms with van der Waals surface area (Å²) in [4.78, 5) is 37.0. The zero-order chi connectivity index (χ0) is 20.0. The van der Waals surface area contributed by atoms with Crippen LogP contribution in [0.2, 0.25) is 0 Å². The van der Waals surface area contributed by atoms with Crippen molar-refractivity contribution in [3.05, 3.63) is 64.1 Å². The van der Waals surface area contributed by atoms with Crippen molar-refractivity contribution in [2.45, 2.75) is 46.7 Å². The summed E-state index contributed by atoms with van der Waals surface area (Å²) in [6, 6.07) is 9.50. The highest BCUT2D eigenvalue weighted by Crippen LogP contribution is 2.10. The molecule has 2 N–H and O–H groups in total. The molecule has 6 nitrogen and oxygen atoms in total. The van der Waals surface area contributed by atoms with Crippen LogP contribution < -0.4 is 16.2 Å². The fourth-order valence-electron chi connectivity index (χ4n) is 2.71. The van der Waals surface area contributed by atoms with Gasteiger partial charge in [0, 0.05) is 24.4 Å². The van der Waals surface area contributed by atoms with Crippen molar-refractivity contribution < 1.29 is 9.59 Å². The smallest absolute Gasteiger partial charge is 0.251 e. The molecule has 1 aromatic heterocycles. The van der Waals surface area contributed by atoms with Crippen LogP contribution in [-0.2, 0) is 11.3 Å². The fraction of sp³-hybridized carbons (Fsp3) is 0.381. The number of hydrogen-bond acceptors (Lipinski definition) is 3. The molecule has 0 radical (unpaired) electrons. The maximum Gasteiger partial charge on any atom is 0.251 e. The molecule has 27 heavy (non-hydrogen) atoms.